The van der Waals surface area contributed by atoms with Crippen LogP contribution in [0.3, 0.4) is 0 Å². The predicted octanol–water partition coefficient (Wildman–Crippen LogP) is 3.00. The SMILES string of the molecule is CCCn1c(C2(CN)CCCCC2)nc2cnccc21. The maximum absolute atomic E-state index is 6.19. The Hall–Kier alpha value is -1.42. The van der Waals surface area contributed by atoms with Crippen LogP contribution < -0.4 is 5.73 Å². The van der Waals surface area contributed by atoms with Gasteiger partial charge in [-0.3, -0.25) is 4.98 Å². The van der Waals surface area contributed by atoms with Gasteiger partial charge in [0.25, 0.3) is 0 Å². The van der Waals surface area contributed by atoms with Crippen molar-refractivity contribution in [3.8, 4) is 0 Å². The van der Waals surface area contributed by atoms with Gasteiger partial charge in [-0.15, -0.1) is 0 Å². The van der Waals surface area contributed by atoms with Crippen LogP contribution in [0.15, 0.2) is 18.5 Å². The summed E-state index contributed by atoms with van der Waals surface area (Å²) in [7, 11) is 0. The zero-order chi connectivity index (χ0) is 14.0. The maximum Gasteiger partial charge on any atom is 0.117 e. The lowest BCUT2D eigenvalue weighted by molar-refractivity contribution is 0.277. The van der Waals surface area contributed by atoms with E-state index in [0.717, 1.165) is 18.5 Å². The number of fused-ring (bicyclic) bond motifs is 1. The number of nitrogens with two attached hydrogens (primary N) is 1. The van der Waals surface area contributed by atoms with Crippen LogP contribution in [-0.2, 0) is 12.0 Å². The third-order valence-electron chi connectivity index (χ3n) is 4.67. The summed E-state index contributed by atoms with van der Waals surface area (Å²) in [6.45, 7) is 3.93. The molecule has 3 rings (SSSR count). The van der Waals surface area contributed by atoms with Gasteiger partial charge in [0.2, 0.25) is 0 Å². The van der Waals surface area contributed by atoms with Gasteiger partial charge in [0, 0.05) is 24.7 Å². The van der Waals surface area contributed by atoms with Crippen molar-refractivity contribution in [1.29, 1.82) is 0 Å². The van der Waals surface area contributed by atoms with Gasteiger partial charge in [-0.2, -0.15) is 0 Å². The van der Waals surface area contributed by atoms with E-state index in [1.54, 1.807) is 0 Å². The lowest BCUT2D eigenvalue weighted by atomic mass is 9.73. The molecule has 4 nitrogen and oxygen atoms in total. The molecule has 20 heavy (non-hydrogen) atoms. The van der Waals surface area contributed by atoms with Crippen molar-refractivity contribution >= 4 is 11.0 Å². The topological polar surface area (TPSA) is 56.7 Å². The maximum atomic E-state index is 6.19. The van der Waals surface area contributed by atoms with Crippen molar-refractivity contribution in [2.45, 2.75) is 57.4 Å². The summed E-state index contributed by atoms with van der Waals surface area (Å²) < 4.78 is 2.38. The second-order valence-electron chi connectivity index (χ2n) is 6.00. The number of imidazole rings is 1. The van der Waals surface area contributed by atoms with Gasteiger partial charge in [0.1, 0.15) is 11.3 Å². The normalized spacial score (nSPS) is 18.5. The molecule has 1 aliphatic carbocycles. The van der Waals surface area contributed by atoms with Gasteiger partial charge in [0.15, 0.2) is 0 Å². The average molecular weight is 272 g/mol. The van der Waals surface area contributed by atoms with Crippen molar-refractivity contribution in [3.05, 3.63) is 24.3 Å². The summed E-state index contributed by atoms with van der Waals surface area (Å²) in [5.74, 6) is 1.20. The number of aryl methyl sites for hydroxylation is 1. The minimum Gasteiger partial charge on any atom is -0.329 e. The highest BCUT2D eigenvalue weighted by Gasteiger charge is 2.37. The summed E-state index contributed by atoms with van der Waals surface area (Å²) >= 11 is 0. The van der Waals surface area contributed by atoms with Gasteiger partial charge in [-0.25, -0.2) is 4.98 Å². The van der Waals surface area contributed by atoms with Crippen LogP contribution in [0.2, 0.25) is 0 Å². The Labute approximate surface area is 120 Å². The van der Waals surface area contributed by atoms with Gasteiger partial charge in [0.05, 0.1) is 11.7 Å². The molecule has 0 aliphatic heterocycles. The first-order valence-electron chi connectivity index (χ1n) is 7.81. The van der Waals surface area contributed by atoms with Crippen molar-refractivity contribution in [1.82, 2.24) is 14.5 Å². The van der Waals surface area contributed by atoms with Gasteiger partial charge in [-0.05, 0) is 25.3 Å². The Morgan fingerprint density at radius 2 is 2.10 bits per heavy atom. The van der Waals surface area contributed by atoms with E-state index in [9.17, 15) is 0 Å². The number of pyridine rings is 1. The molecule has 2 aromatic heterocycles. The highest BCUT2D eigenvalue weighted by Crippen LogP contribution is 2.39. The van der Waals surface area contributed by atoms with Gasteiger partial charge >= 0.3 is 0 Å². The van der Waals surface area contributed by atoms with Crippen molar-refractivity contribution in [2.75, 3.05) is 6.54 Å². The van der Waals surface area contributed by atoms with E-state index in [0.29, 0.717) is 6.54 Å². The van der Waals surface area contributed by atoms with Crippen molar-refractivity contribution in [2.24, 2.45) is 5.73 Å². The summed E-state index contributed by atoms with van der Waals surface area (Å²) in [5, 5.41) is 0. The molecule has 0 aromatic carbocycles. The predicted molar refractivity (Wildman–Crippen MR) is 81.6 cm³/mol. The monoisotopic (exact) mass is 272 g/mol. The number of hydrogen-bond donors (Lipinski definition) is 1. The fourth-order valence-electron chi connectivity index (χ4n) is 3.58. The molecule has 1 aliphatic rings. The van der Waals surface area contributed by atoms with Crippen molar-refractivity contribution in [3.63, 3.8) is 0 Å². The first kappa shape index (κ1) is 13.6. The van der Waals surface area contributed by atoms with Crippen LogP contribution in [-0.4, -0.2) is 21.1 Å². The lowest BCUT2D eigenvalue weighted by Gasteiger charge is -2.36. The Kier molecular flexibility index (Phi) is 3.74. The summed E-state index contributed by atoms with van der Waals surface area (Å²) in [6.07, 6.45) is 11.1. The minimum atomic E-state index is 0.0758. The number of nitrogens with zero attached hydrogens (tertiary/aromatic N) is 3. The molecule has 0 atom stereocenters. The smallest absolute Gasteiger partial charge is 0.117 e. The molecule has 0 saturated heterocycles. The molecule has 1 saturated carbocycles. The van der Waals surface area contributed by atoms with E-state index in [4.69, 9.17) is 10.7 Å². The molecule has 108 valence electrons. The fourth-order valence-corrected chi connectivity index (χ4v) is 3.58. The third kappa shape index (κ3) is 2.12. The summed E-state index contributed by atoms with van der Waals surface area (Å²) in [4.78, 5) is 9.13. The van der Waals surface area contributed by atoms with E-state index in [1.807, 2.05) is 12.4 Å². The molecule has 0 bridgehead atoms. The van der Waals surface area contributed by atoms with E-state index >= 15 is 0 Å². The highest BCUT2D eigenvalue weighted by molar-refractivity contribution is 5.75. The van der Waals surface area contributed by atoms with Crippen LogP contribution in [0.1, 0.15) is 51.3 Å². The van der Waals surface area contributed by atoms with Gasteiger partial charge in [-0.1, -0.05) is 26.2 Å². The van der Waals surface area contributed by atoms with E-state index in [2.05, 4.69) is 22.5 Å². The Balaban J connectivity index is 2.15. The first-order chi connectivity index (χ1) is 9.80. The molecule has 4 heteroatoms. The second kappa shape index (κ2) is 5.52. The zero-order valence-corrected chi connectivity index (χ0v) is 12.3. The van der Waals surface area contributed by atoms with Crippen LogP contribution in [0.4, 0.5) is 0 Å². The standard InChI is InChI=1S/C16H24N4/c1-2-10-20-14-6-9-18-11-13(14)19-15(20)16(12-17)7-4-3-5-8-16/h6,9,11H,2-5,7-8,10,12,17H2,1H3. The first-order valence-corrected chi connectivity index (χ1v) is 7.81. The van der Waals surface area contributed by atoms with Crippen LogP contribution in [0, 0.1) is 0 Å². The zero-order valence-electron chi connectivity index (χ0n) is 12.3. The molecule has 0 unspecified atom stereocenters. The van der Waals surface area contributed by atoms with Crippen LogP contribution in [0.5, 0.6) is 0 Å². The Morgan fingerprint density at radius 3 is 2.80 bits per heavy atom. The lowest BCUT2D eigenvalue weighted by Crippen LogP contribution is -2.39. The molecule has 0 radical (unpaired) electrons. The van der Waals surface area contributed by atoms with Gasteiger partial charge < -0.3 is 10.3 Å². The molecular weight excluding hydrogens is 248 g/mol. The number of hydrogen-bond acceptors (Lipinski definition) is 3. The fraction of sp³-hybridized carbons (Fsp3) is 0.625. The molecule has 0 amide bonds. The third-order valence-corrected chi connectivity index (χ3v) is 4.67. The highest BCUT2D eigenvalue weighted by atomic mass is 15.1. The average Bonchev–Trinajstić information content (AvgIpc) is 2.88. The summed E-state index contributed by atoms with van der Waals surface area (Å²) in [5.41, 5.74) is 8.48. The van der Waals surface area contributed by atoms with Crippen LogP contribution >= 0.6 is 0 Å². The number of rotatable bonds is 4. The molecule has 2 N–H and O–H groups in total. The molecule has 2 heterocycles. The summed E-state index contributed by atoms with van der Waals surface area (Å²) in [6, 6.07) is 2.08. The minimum absolute atomic E-state index is 0.0758. The van der Waals surface area contributed by atoms with E-state index in [1.165, 1.54) is 43.4 Å². The molecule has 1 fully saturated rings. The molecule has 0 spiro atoms. The molecular formula is C16H24N4. The van der Waals surface area contributed by atoms with Crippen LogP contribution in [0.25, 0.3) is 11.0 Å². The van der Waals surface area contributed by atoms with E-state index in [-0.39, 0.29) is 5.41 Å². The quantitative estimate of drug-likeness (QED) is 0.930. The van der Waals surface area contributed by atoms with E-state index < -0.39 is 0 Å². The second-order valence-corrected chi connectivity index (χ2v) is 6.00. The Bertz CT molecular complexity index is 581. The molecule has 2 aromatic rings. The Morgan fingerprint density at radius 1 is 1.30 bits per heavy atom. The largest absolute Gasteiger partial charge is 0.329 e. The van der Waals surface area contributed by atoms with Crippen molar-refractivity contribution < 1.29 is 0 Å². The number of aromatic nitrogens is 3.